The zero-order valence-corrected chi connectivity index (χ0v) is 11.1. The number of halogens is 3. The van der Waals surface area contributed by atoms with Gasteiger partial charge in [0.1, 0.15) is 11.8 Å². The topological polar surface area (TPSA) is 75.6 Å². The van der Waals surface area contributed by atoms with Gasteiger partial charge in [-0.05, 0) is 30.7 Å². The molecule has 1 unspecified atom stereocenters. The van der Waals surface area contributed by atoms with E-state index >= 15 is 0 Å². The average Bonchev–Trinajstić information content (AvgIpc) is 2.41. The van der Waals surface area contributed by atoms with E-state index in [0.29, 0.717) is 0 Å². The first kappa shape index (κ1) is 16.8. The van der Waals surface area contributed by atoms with Crippen LogP contribution in [0.2, 0.25) is 0 Å². The van der Waals surface area contributed by atoms with Crippen LogP contribution in [0.3, 0.4) is 0 Å². The lowest BCUT2D eigenvalue weighted by Gasteiger charge is -2.13. The lowest BCUT2D eigenvalue weighted by Crippen LogP contribution is -2.40. The highest BCUT2D eigenvalue weighted by molar-refractivity contribution is 5.96. The molecular weight excluding hydrogens is 291 g/mol. The molecule has 21 heavy (non-hydrogen) atoms. The third-order valence-corrected chi connectivity index (χ3v) is 2.53. The zero-order valence-electron chi connectivity index (χ0n) is 11.1. The molecule has 0 saturated heterocycles. The number of benzene rings is 1. The third-order valence-electron chi connectivity index (χ3n) is 2.53. The summed E-state index contributed by atoms with van der Waals surface area (Å²) in [5.41, 5.74) is 0.133. The number of ether oxygens (including phenoxy) is 1. The number of nitrogens with one attached hydrogen (secondary N) is 1. The van der Waals surface area contributed by atoms with Crippen LogP contribution < -0.4 is 10.1 Å². The van der Waals surface area contributed by atoms with Crippen molar-refractivity contribution in [3.8, 4) is 5.75 Å². The normalized spacial score (nSPS) is 12.6. The second-order valence-corrected chi connectivity index (χ2v) is 4.20. The summed E-state index contributed by atoms with van der Waals surface area (Å²) in [4.78, 5) is 22.5. The largest absolute Gasteiger partial charge is 0.484 e. The van der Waals surface area contributed by atoms with Crippen LogP contribution in [0.15, 0.2) is 24.3 Å². The molecule has 0 bridgehead atoms. The fourth-order valence-corrected chi connectivity index (χ4v) is 1.45. The highest BCUT2D eigenvalue weighted by Gasteiger charge is 2.28. The predicted octanol–water partition coefficient (Wildman–Crippen LogP) is 2.22. The standard InChI is InChI=1S/C13H14F3NO4/c1-2-10(12(19)20)17-11(18)8-3-5-9(6-4-8)21-7-13(14,15)16/h3-6,10H,2,7H2,1H3,(H,17,18)(H,19,20). The Labute approximate surface area is 118 Å². The molecule has 0 heterocycles. The Morgan fingerprint density at radius 2 is 1.86 bits per heavy atom. The van der Waals surface area contributed by atoms with Crippen molar-refractivity contribution in [1.82, 2.24) is 5.32 Å². The second-order valence-electron chi connectivity index (χ2n) is 4.20. The molecule has 0 spiro atoms. The fourth-order valence-electron chi connectivity index (χ4n) is 1.45. The van der Waals surface area contributed by atoms with Crippen LogP contribution in [-0.2, 0) is 4.79 Å². The van der Waals surface area contributed by atoms with E-state index in [9.17, 15) is 22.8 Å². The highest BCUT2D eigenvalue weighted by atomic mass is 19.4. The van der Waals surface area contributed by atoms with E-state index in [1.165, 1.54) is 24.3 Å². The minimum Gasteiger partial charge on any atom is -0.484 e. The van der Waals surface area contributed by atoms with Gasteiger partial charge in [0.05, 0.1) is 0 Å². The SMILES string of the molecule is CCC(NC(=O)c1ccc(OCC(F)(F)F)cc1)C(=O)O. The van der Waals surface area contributed by atoms with Crippen LogP contribution in [0.5, 0.6) is 5.75 Å². The molecule has 8 heteroatoms. The van der Waals surface area contributed by atoms with E-state index in [4.69, 9.17) is 5.11 Å². The number of carboxylic acid groups (broad SMARTS) is 1. The van der Waals surface area contributed by atoms with Crippen LogP contribution >= 0.6 is 0 Å². The summed E-state index contributed by atoms with van der Waals surface area (Å²) >= 11 is 0. The van der Waals surface area contributed by atoms with Gasteiger partial charge in [0.25, 0.3) is 5.91 Å². The summed E-state index contributed by atoms with van der Waals surface area (Å²) < 4.78 is 40.4. The molecular formula is C13H14F3NO4. The van der Waals surface area contributed by atoms with Gasteiger partial charge in [-0.2, -0.15) is 13.2 Å². The van der Waals surface area contributed by atoms with Gasteiger partial charge in [0.2, 0.25) is 0 Å². The van der Waals surface area contributed by atoms with E-state index in [2.05, 4.69) is 10.1 Å². The number of hydrogen-bond donors (Lipinski definition) is 2. The van der Waals surface area contributed by atoms with Crippen molar-refractivity contribution in [3.63, 3.8) is 0 Å². The molecule has 5 nitrogen and oxygen atoms in total. The first-order chi connectivity index (χ1) is 9.73. The van der Waals surface area contributed by atoms with Gasteiger partial charge in [-0.1, -0.05) is 6.92 Å². The molecule has 0 aliphatic carbocycles. The summed E-state index contributed by atoms with van der Waals surface area (Å²) in [5.74, 6) is -1.81. The van der Waals surface area contributed by atoms with Crippen molar-refractivity contribution in [2.45, 2.75) is 25.6 Å². The first-order valence-corrected chi connectivity index (χ1v) is 6.06. The lowest BCUT2D eigenvalue weighted by molar-refractivity contribution is -0.153. The first-order valence-electron chi connectivity index (χ1n) is 6.06. The molecule has 0 radical (unpaired) electrons. The van der Waals surface area contributed by atoms with Crippen molar-refractivity contribution in [3.05, 3.63) is 29.8 Å². The molecule has 0 aromatic heterocycles. The maximum atomic E-state index is 12.0. The maximum Gasteiger partial charge on any atom is 0.422 e. The molecule has 1 aromatic rings. The van der Waals surface area contributed by atoms with Crippen LogP contribution in [0.4, 0.5) is 13.2 Å². The van der Waals surface area contributed by atoms with Crippen molar-refractivity contribution >= 4 is 11.9 Å². The molecule has 0 fully saturated rings. The Morgan fingerprint density at radius 1 is 1.29 bits per heavy atom. The summed E-state index contributed by atoms with van der Waals surface area (Å²) in [6.07, 6.45) is -4.22. The summed E-state index contributed by atoms with van der Waals surface area (Å²) in [6, 6.07) is 3.93. The molecule has 1 atom stereocenters. The van der Waals surface area contributed by atoms with Gasteiger partial charge in [0, 0.05) is 5.56 Å². The van der Waals surface area contributed by atoms with E-state index in [1.807, 2.05) is 0 Å². The summed E-state index contributed by atoms with van der Waals surface area (Å²) in [7, 11) is 0. The third kappa shape index (κ3) is 5.72. The van der Waals surface area contributed by atoms with Crippen molar-refractivity contribution in [2.24, 2.45) is 0 Å². The number of carboxylic acids is 1. The number of carbonyl (C=O) groups excluding carboxylic acids is 1. The van der Waals surface area contributed by atoms with E-state index in [0.717, 1.165) is 0 Å². The van der Waals surface area contributed by atoms with E-state index in [-0.39, 0.29) is 17.7 Å². The van der Waals surface area contributed by atoms with Gasteiger partial charge in [-0.25, -0.2) is 4.79 Å². The predicted molar refractivity (Wildman–Crippen MR) is 67.2 cm³/mol. The van der Waals surface area contributed by atoms with Crippen LogP contribution in [0.25, 0.3) is 0 Å². The Kier molecular flexibility index (Phi) is 5.57. The molecule has 2 N–H and O–H groups in total. The minimum atomic E-state index is -4.44. The van der Waals surface area contributed by atoms with Crippen LogP contribution in [0, 0.1) is 0 Å². The number of carbonyl (C=O) groups is 2. The fraction of sp³-hybridized carbons (Fsp3) is 0.385. The molecule has 0 aliphatic heterocycles. The van der Waals surface area contributed by atoms with Crippen molar-refractivity contribution < 1.29 is 32.6 Å². The van der Waals surface area contributed by atoms with Gasteiger partial charge in [0.15, 0.2) is 6.61 Å². The summed E-state index contributed by atoms with van der Waals surface area (Å²) in [6.45, 7) is 0.183. The van der Waals surface area contributed by atoms with Crippen molar-refractivity contribution in [2.75, 3.05) is 6.61 Å². The van der Waals surface area contributed by atoms with Crippen LogP contribution in [0.1, 0.15) is 23.7 Å². The lowest BCUT2D eigenvalue weighted by atomic mass is 10.1. The second kappa shape index (κ2) is 6.96. The Hall–Kier alpha value is -2.25. The van der Waals surface area contributed by atoms with E-state index in [1.54, 1.807) is 6.92 Å². The molecule has 0 aliphatic rings. The Morgan fingerprint density at radius 3 is 2.29 bits per heavy atom. The average molecular weight is 305 g/mol. The monoisotopic (exact) mass is 305 g/mol. The van der Waals surface area contributed by atoms with Crippen LogP contribution in [-0.4, -0.2) is 35.8 Å². The zero-order chi connectivity index (χ0) is 16.0. The quantitative estimate of drug-likeness (QED) is 0.845. The highest BCUT2D eigenvalue weighted by Crippen LogP contribution is 2.18. The number of hydrogen-bond acceptors (Lipinski definition) is 3. The number of amides is 1. The molecule has 1 rings (SSSR count). The van der Waals surface area contributed by atoms with Gasteiger partial charge >= 0.3 is 12.1 Å². The van der Waals surface area contributed by atoms with E-state index < -0.39 is 30.7 Å². The maximum absolute atomic E-state index is 12.0. The van der Waals surface area contributed by atoms with Gasteiger partial charge < -0.3 is 15.2 Å². The van der Waals surface area contributed by atoms with Gasteiger partial charge in [-0.15, -0.1) is 0 Å². The minimum absolute atomic E-state index is 0.0332. The van der Waals surface area contributed by atoms with Crippen molar-refractivity contribution in [1.29, 1.82) is 0 Å². The Balaban J connectivity index is 2.65. The number of alkyl halides is 3. The number of aliphatic carboxylic acids is 1. The Bertz CT molecular complexity index is 499. The smallest absolute Gasteiger partial charge is 0.422 e. The molecule has 1 aromatic carbocycles. The van der Waals surface area contributed by atoms with Gasteiger partial charge in [-0.3, -0.25) is 4.79 Å². The molecule has 1 amide bonds. The molecule has 0 saturated carbocycles. The number of rotatable bonds is 6. The summed E-state index contributed by atoms with van der Waals surface area (Å²) in [5, 5.41) is 11.1. The molecule has 116 valence electrons.